The van der Waals surface area contributed by atoms with E-state index in [2.05, 4.69) is 30.5 Å². The van der Waals surface area contributed by atoms with Gasteiger partial charge in [0, 0.05) is 29.5 Å². The number of hydrogen-bond donors (Lipinski definition) is 1. The molecule has 0 amide bonds. The zero-order valence-electron chi connectivity index (χ0n) is 10.1. The Labute approximate surface area is 116 Å². The van der Waals surface area contributed by atoms with Crippen LogP contribution in [0.3, 0.4) is 0 Å². The summed E-state index contributed by atoms with van der Waals surface area (Å²) in [5.41, 5.74) is 0. The molecule has 2 heterocycles. The predicted molar refractivity (Wildman–Crippen MR) is 72.8 cm³/mol. The molecule has 1 unspecified atom stereocenters. The van der Waals surface area contributed by atoms with Gasteiger partial charge in [-0.1, -0.05) is 0 Å². The Balaban J connectivity index is 2.12. The van der Waals surface area contributed by atoms with E-state index >= 15 is 0 Å². The Bertz CT molecular complexity index is 521. The number of likely N-dealkylation sites (N-methyl/N-ethyl adjacent to an activating group) is 1. The van der Waals surface area contributed by atoms with Crippen LogP contribution in [0.2, 0.25) is 0 Å². The maximum absolute atomic E-state index is 12.2. The van der Waals surface area contributed by atoms with E-state index in [0.29, 0.717) is 4.47 Å². The molecule has 2 rings (SSSR count). The third-order valence-electron chi connectivity index (χ3n) is 2.94. The van der Waals surface area contributed by atoms with E-state index in [0.717, 1.165) is 25.9 Å². The molecule has 0 radical (unpaired) electrons. The summed E-state index contributed by atoms with van der Waals surface area (Å²) in [7, 11) is -1.47. The predicted octanol–water partition coefficient (Wildman–Crippen LogP) is 1.22. The van der Waals surface area contributed by atoms with Crippen LogP contribution in [0.15, 0.2) is 27.8 Å². The molecular weight excluding hydrogens is 318 g/mol. The molecule has 100 valence electrons. The quantitative estimate of drug-likeness (QED) is 0.903. The topological polar surface area (TPSA) is 62.3 Å². The number of halogens is 1. The smallest absolute Gasteiger partial charge is 0.242 e. The summed E-state index contributed by atoms with van der Waals surface area (Å²) in [5.74, 6) is 0. The number of likely N-dealkylation sites (tertiary alicyclic amines) is 1. The minimum Gasteiger partial charge on any atom is -0.305 e. The van der Waals surface area contributed by atoms with Crippen molar-refractivity contribution in [3.63, 3.8) is 0 Å². The van der Waals surface area contributed by atoms with E-state index in [1.807, 2.05) is 7.05 Å². The van der Waals surface area contributed by atoms with Gasteiger partial charge >= 0.3 is 0 Å². The van der Waals surface area contributed by atoms with Gasteiger partial charge in [-0.05, 0) is 48.4 Å². The minimum atomic E-state index is -3.47. The van der Waals surface area contributed by atoms with Crippen molar-refractivity contribution in [1.82, 2.24) is 14.6 Å². The van der Waals surface area contributed by atoms with Crippen LogP contribution in [0.4, 0.5) is 0 Å². The molecule has 1 fully saturated rings. The summed E-state index contributed by atoms with van der Waals surface area (Å²) in [5, 5.41) is 0. The Kier molecular flexibility index (Phi) is 4.37. The third kappa shape index (κ3) is 3.50. The van der Waals surface area contributed by atoms with Crippen LogP contribution in [0.1, 0.15) is 12.8 Å². The van der Waals surface area contributed by atoms with Gasteiger partial charge in [0.2, 0.25) is 10.0 Å². The lowest BCUT2D eigenvalue weighted by molar-refractivity contribution is 0.242. The van der Waals surface area contributed by atoms with Crippen molar-refractivity contribution in [3.8, 4) is 0 Å². The molecule has 1 aliphatic rings. The highest BCUT2D eigenvalue weighted by Crippen LogP contribution is 2.16. The van der Waals surface area contributed by atoms with Crippen molar-refractivity contribution in [2.75, 3.05) is 20.1 Å². The highest BCUT2D eigenvalue weighted by molar-refractivity contribution is 9.10. The van der Waals surface area contributed by atoms with Crippen molar-refractivity contribution in [2.24, 2.45) is 0 Å². The Hall–Kier alpha value is -0.500. The first-order valence-electron chi connectivity index (χ1n) is 5.79. The summed E-state index contributed by atoms with van der Waals surface area (Å²) in [6, 6.07) is 1.54. The van der Waals surface area contributed by atoms with E-state index in [4.69, 9.17) is 0 Å². The molecule has 0 spiro atoms. The molecule has 1 atom stereocenters. The zero-order chi connectivity index (χ0) is 13.2. The van der Waals surface area contributed by atoms with Gasteiger partial charge < -0.3 is 4.90 Å². The van der Waals surface area contributed by atoms with E-state index in [1.54, 1.807) is 12.3 Å². The van der Waals surface area contributed by atoms with Crippen LogP contribution < -0.4 is 4.72 Å². The number of hydrogen-bond acceptors (Lipinski definition) is 4. The zero-order valence-corrected chi connectivity index (χ0v) is 12.5. The fourth-order valence-corrected chi connectivity index (χ4v) is 3.85. The van der Waals surface area contributed by atoms with Crippen LogP contribution in [0.5, 0.6) is 0 Å². The second kappa shape index (κ2) is 5.64. The molecule has 5 nitrogen and oxygen atoms in total. The van der Waals surface area contributed by atoms with Gasteiger partial charge in [0.15, 0.2) is 0 Å². The first kappa shape index (κ1) is 13.9. The number of piperidine rings is 1. The molecule has 1 N–H and O–H groups in total. The number of nitrogens with zero attached hydrogens (tertiary/aromatic N) is 2. The fourth-order valence-electron chi connectivity index (χ4n) is 2.09. The number of nitrogens with one attached hydrogen (secondary N) is 1. The average Bonchev–Trinajstić information content (AvgIpc) is 2.28. The maximum atomic E-state index is 12.2. The fraction of sp³-hybridized carbons (Fsp3) is 0.545. The minimum absolute atomic E-state index is 0.0206. The maximum Gasteiger partial charge on any atom is 0.242 e. The summed E-state index contributed by atoms with van der Waals surface area (Å²) in [6.07, 6.45) is 4.82. The number of pyridine rings is 1. The summed E-state index contributed by atoms with van der Waals surface area (Å²) in [4.78, 5) is 6.22. The van der Waals surface area contributed by atoms with Crippen molar-refractivity contribution < 1.29 is 8.42 Å². The molecule has 0 aliphatic carbocycles. The van der Waals surface area contributed by atoms with Crippen LogP contribution in [-0.4, -0.2) is 44.5 Å². The van der Waals surface area contributed by atoms with Crippen molar-refractivity contribution in [2.45, 2.75) is 23.8 Å². The van der Waals surface area contributed by atoms with E-state index < -0.39 is 10.0 Å². The molecular formula is C11H16BrN3O2S. The summed E-state index contributed by atoms with van der Waals surface area (Å²) >= 11 is 3.23. The van der Waals surface area contributed by atoms with Gasteiger partial charge in [-0.2, -0.15) is 0 Å². The van der Waals surface area contributed by atoms with Crippen molar-refractivity contribution in [3.05, 3.63) is 22.9 Å². The molecule has 1 aromatic heterocycles. The number of sulfonamides is 1. The van der Waals surface area contributed by atoms with E-state index in [-0.39, 0.29) is 10.9 Å². The van der Waals surface area contributed by atoms with Gasteiger partial charge in [-0.15, -0.1) is 0 Å². The van der Waals surface area contributed by atoms with Gasteiger partial charge in [-0.3, -0.25) is 4.98 Å². The second-order valence-electron chi connectivity index (χ2n) is 4.56. The van der Waals surface area contributed by atoms with Crippen molar-refractivity contribution in [1.29, 1.82) is 0 Å². The van der Waals surface area contributed by atoms with E-state index in [1.165, 1.54) is 6.20 Å². The molecule has 0 bridgehead atoms. The molecule has 1 saturated heterocycles. The van der Waals surface area contributed by atoms with Crippen LogP contribution in [-0.2, 0) is 10.0 Å². The second-order valence-corrected chi connectivity index (χ2v) is 7.19. The lowest BCUT2D eigenvalue weighted by atomic mass is 10.1. The molecule has 0 saturated carbocycles. The van der Waals surface area contributed by atoms with Crippen LogP contribution >= 0.6 is 15.9 Å². The Morgan fingerprint density at radius 3 is 2.94 bits per heavy atom. The summed E-state index contributed by atoms with van der Waals surface area (Å²) < 4.78 is 27.7. The molecule has 7 heteroatoms. The normalized spacial score (nSPS) is 22.0. The average molecular weight is 334 g/mol. The summed E-state index contributed by atoms with van der Waals surface area (Å²) in [6.45, 7) is 1.78. The Morgan fingerprint density at radius 2 is 2.28 bits per heavy atom. The monoisotopic (exact) mass is 333 g/mol. The molecule has 0 aromatic carbocycles. The molecule has 1 aliphatic heterocycles. The van der Waals surface area contributed by atoms with Gasteiger partial charge in [0.05, 0.1) is 0 Å². The van der Waals surface area contributed by atoms with Crippen molar-refractivity contribution >= 4 is 26.0 Å². The standard InChI is InChI=1S/C11H16BrN3O2S/c1-15-4-2-3-10(8-15)14-18(16,17)11-5-9(12)6-13-7-11/h5-7,10,14H,2-4,8H2,1H3. The number of rotatable bonds is 3. The van der Waals surface area contributed by atoms with Crippen LogP contribution in [0.25, 0.3) is 0 Å². The van der Waals surface area contributed by atoms with Gasteiger partial charge in [-0.25, -0.2) is 13.1 Å². The lowest BCUT2D eigenvalue weighted by Gasteiger charge is -2.29. The highest BCUT2D eigenvalue weighted by Gasteiger charge is 2.24. The Morgan fingerprint density at radius 1 is 1.50 bits per heavy atom. The molecule has 18 heavy (non-hydrogen) atoms. The van der Waals surface area contributed by atoms with Gasteiger partial charge in [0.1, 0.15) is 4.90 Å². The third-order valence-corrected chi connectivity index (χ3v) is 4.86. The largest absolute Gasteiger partial charge is 0.305 e. The highest BCUT2D eigenvalue weighted by atomic mass is 79.9. The first-order chi connectivity index (χ1) is 8.47. The van der Waals surface area contributed by atoms with E-state index in [9.17, 15) is 8.42 Å². The SMILES string of the molecule is CN1CCCC(NS(=O)(=O)c2cncc(Br)c2)C1. The number of aromatic nitrogens is 1. The van der Waals surface area contributed by atoms with Crippen LogP contribution in [0, 0.1) is 0 Å². The first-order valence-corrected chi connectivity index (χ1v) is 8.06. The lowest BCUT2D eigenvalue weighted by Crippen LogP contribution is -2.46. The molecule has 1 aromatic rings. The van der Waals surface area contributed by atoms with Gasteiger partial charge in [0.25, 0.3) is 0 Å².